The van der Waals surface area contributed by atoms with E-state index in [9.17, 15) is 4.79 Å². The van der Waals surface area contributed by atoms with Crippen molar-refractivity contribution in [3.63, 3.8) is 0 Å². The Balaban J connectivity index is 1.71. The van der Waals surface area contributed by atoms with E-state index in [2.05, 4.69) is 26.2 Å². The molecule has 27 heavy (non-hydrogen) atoms. The molecule has 0 unspecified atom stereocenters. The summed E-state index contributed by atoms with van der Waals surface area (Å²) in [5, 5.41) is 3.48. The number of halogens is 1. The van der Waals surface area contributed by atoms with Gasteiger partial charge in [0.05, 0.1) is 26.3 Å². The monoisotopic (exact) mass is 446 g/mol. The molecule has 0 saturated carbocycles. The normalized spacial score (nSPS) is 10.5. The van der Waals surface area contributed by atoms with E-state index in [1.54, 1.807) is 26.4 Å². The summed E-state index contributed by atoms with van der Waals surface area (Å²) >= 11 is 4.90. The van der Waals surface area contributed by atoms with Crippen molar-refractivity contribution in [2.75, 3.05) is 19.5 Å². The molecule has 0 bridgehead atoms. The molecule has 7 heteroatoms. The van der Waals surface area contributed by atoms with Crippen LogP contribution >= 0.6 is 27.3 Å². The maximum Gasteiger partial charge on any atom is 0.230 e. The average Bonchev–Trinajstić information content (AvgIpc) is 3.02. The van der Waals surface area contributed by atoms with Gasteiger partial charge in [0, 0.05) is 14.9 Å². The zero-order valence-corrected chi connectivity index (χ0v) is 17.6. The molecule has 1 aromatic heterocycles. The summed E-state index contributed by atoms with van der Waals surface area (Å²) in [6.07, 6.45) is 0.229. The Morgan fingerprint density at radius 3 is 2.48 bits per heavy atom. The van der Waals surface area contributed by atoms with Gasteiger partial charge in [-0.15, -0.1) is 11.3 Å². The van der Waals surface area contributed by atoms with E-state index in [-0.39, 0.29) is 12.3 Å². The minimum absolute atomic E-state index is 0.127. The van der Waals surface area contributed by atoms with Gasteiger partial charge in [-0.2, -0.15) is 0 Å². The van der Waals surface area contributed by atoms with Gasteiger partial charge in [-0.05, 0) is 36.8 Å². The number of benzene rings is 2. The highest BCUT2D eigenvalue weighted by Gasteiger charge is 2.13. The summed E-state index contributed by atoms with van der Waals surface area (Å²) in [7, 11) is 3.15. The lowest BCUT2D eigenvalue weighted by Crippen LogP contribution is -2.14. The van der Waals surface area contributed by atoms with Gasteiger partial charge in [0.25, 0.3) is 0 Å². The molecule has 1 N–H and O–H groups in total. The van der Waals surface area contributed by atoms with Gasteiger partial charge >= 0.3 is 0 Å². The molecule has 1 amide bonds. The number of anilines is 1. The molecule has 0 fully saturated rings. The number of rotatable bonds is 6. The number of hydrogen-bond acceptors (Lipinski definition) is 5. The number of amides is 1. The number of carbonyl (C=O) groups is 1. The van der Waals surface area contributed by atoms with Crippen LogP contribution in [0, 0.1) is 6.92 Å². The number of hydrogen-bond donors (Lipinski definition) is 1. The van der Waals surface area contributed by atoms with Crippen molar-refractivity contribution in [3.8, 4) is 22.8 Å². The van der Waals surface area contributed by atoms with Crippen molar-refractivity contribution < 1.29 is 14.3 Å². The fourth-order valence-corrected chi connectivity index (χ4v) is 3.78. The van der Waals surface area contributed by atoms with Gasteiger partial charge in [0.15, 0.2) is 16.6 Å². The first-order valence-corrected chi connectivity index (χ1v) is 9.85. The minimum Gasteiger partial charge on any atom is -0.493 e. The number of methoxy groups -OCH3 is 2. The second-order valence-corrected chi connectivity index (χ2v) is 7.96. The third kappa shape index (κ3) is 4.67. The minimum atomic E-state index is -0.127. The lowest BCUT2D eigenvalue weighted by atomic mass is 10.1. The van der Waals surface area contributed by atoms with E-state index in [4.69, 9.17) is 9.47 Å². The second-order valence-electron chi connectivity index (χ2n) is 5.84. The van der Waals surface area contributed by atoms with Crippen LogP contribution in [-0.2, 0) is 11.2 Å². The molecule has 0 aliphatic carbocycles. The number of carbonyl (C=O) groups excluding carboxylic acids is 1. The lowest BCUT2D eigenvalue weighted by molar-refractivity contribution is -0.115. The Labute approximate surface area is 170 Å². The molecule has 0 radical (unpaired) electrons. The highest BCUT2D eigenvalue weighted by Crippen LogP contribution is 2.31. The summed E-state index contributed by atoms with van der Waals surface area (Å²) in [6.45, 7) is 2.00. The van der Waals surface area contributed by atoms with E-state index in [0.29, 0.717) is 16.6 Å². The molecule has 2 aromatic carbocycles. The lowest BCUT2D eigenvalue weighted by Gasteiger charge is -2.09. The van der Waals surface area contributed by atoms with Crippen LogP contribution in [0.3, 0.4) is 0 Å². The third-order valence-electron chi connectivity index (χ3n) is 3.97. The van der Waals surface area contributed by atoms with E-state index in [0.717, 1.165) is 26.2 Å². The van der Waals surface area contributed by atoms with Crippen LogP contribution in [0.2, 0.25) is 0 Å². The highest BCUT2D eigenvalue weighted by molar-refractivity contribution is 9.10. The van der Waals surface area contributed by atoms with Crippen molar-refractivity contribution in [2.45, 2.75) is 13.3 Å². The Kier molecular flexibility index (Phi) is 6.13. The van der Waals surface area contributed by atoms with Crippen LogP contribution in [0.25, 0.3) is 11.3 Å². The Morgan fingerprint density at radius 2 is 1.81 bits per heavy atom. The molecular formula is C20H19BrN2O3S. The Bertz CT molecular complexity index is 954. The number of ether oxygens (including phenoxy) is 2. The van der Waals surface area contributed by atoms with Crippen molar-refractivity contribution in [1.29, 1.82) is 0 Å². The van der Waals surface area contributed by atoms with Crippen LogP contribution < -0.4 is 14.8 Å². The van der Waals surface area contributed by atoms with Crippen LogP contribution in [0.15, 0.2) is 46.9 Å². The molecular weight excluding hydrogens is 428 g/mol. The molecule has 0 spiro atoms. The quantitative estimate of drug-likeness (QED) is 0.573. The smallest absolute Gasteiger partial charge is 0.230 e. The third-order valence-corrected chi connectivity index (χ3v) is 5.39. The fourth-order valence-electron chi connectivity index (χ4n) is 2.66. The number of nitrogens with zero attached hydrogens (tertiary/aromatic N) is 1. The summed E-state index contributed by atoms with van der Waals surface area (Å²) < 4.78 is 11.5. The molecule has 3 aromatic rings. The largest absolute Gasteiger partial charge is 0.493 e. The Hall–Kier alpha value is -2.38. The maximum absolute atomic E-state index is 12.4. The molecule has 0 aliphatic rings. The zero-order chi connectivity index (χ0) is 19.4. The number of thiazole rings is 1. The van der Waals surface area contributed by atoms with Gasteiger partial charge in [-0.3, -0.25) is 4.79 Å². The standard InChI is InChI=1S/C20H19BrN2O3S/c1-12-19(14-5-7-15(21)8-6-14)23-20(27-12)22-18(24)11-13-4-9-16(25-2)17(10-13)26-3/h4-10H,11H2,1-3H3,(H,22,23,24). The van der Waals surface area contributed by atoms with Gasteiger partial charge in [-0.1, -0.05) is 34.1 Å². The molecule has 0 atom stereocenters. The predicted octanol–water partition coefficient (Wildman–Crippen LogP) is 5.08. The van der Waals surface area contributed by atoms with Crippen molar-refractivity contribution >= 4 is 38.3 Å². The zero-order valence-electron chi connectivity index (χ0n) is 15.2. The van der Waals surface area contributed by atoms with E-state index < -0.39 is 0 Å². The van der Waals surface area contributed by atoms with E-state index >= 15 is 0 Å². The first-order valence-electron chi connectivity index (χ1n) is 8.24. The van der Waals surface area contributed by atoms with Crippen LogP contribution in [0.5, 0.6) is 11.5 Å². The SMILES string of the molecule is COc1ccc(CC(=O)Nc2nc(-c3ccc(Br)cc3)c(C)s2)cc1OC. The molecule has 1 heterocycles. The van der Waals surface area contributed by atoms with Crippen LogP contribution in [0.1, 0.15) is 10.4 Å². The van der Waals surface area contributed by atoms with Gasteiger partial charge in [0.1, 0.15) is 0 Å². The molecule has 140 valence electrons. The molecule has 0 aliphatic heterocycles. The van der Waals surface area contributed by atoms with E-state index in [1.807, 2.05) is 37.3 Å². The summed E-state index contributed by atoms with van der Waals surface area (Å²) in [5.74, 6) is 1.11. The van der Waals surface area contributed by atoms with Gasteiger partial charge in [-0.25, -0.2) is 4.98 Å². The summed E-state index contributed by atoms with van der Waals surface area (Å²) in [6, 6.07) is 13.4. The number of aryl methyl sites for hydroxylation is 1. The molecule has 3 rings (SSSR count). The molecule has 5 nitrogen and oxygen atoms in total. The average molecular weight is 447 g/mol. The summed E-state index contributed by atoms with van der Waals surface area (Å²) in [5.41, 5.74) is 2.74. The van der Waals surface area contributed by atoms with Crippen LogP contribution in [0.4, 0.5) is 5.13 Å². The van der Waals surface area contributed by atoms with Crippen molar-refractivity contribution in [3.05, 3.63) is 57.4 Å². The van der Waals surface area contributed by atoms with Crippen LogP contribution in [-0.4, -0.2) is 25.1 Å². The second kappa shape index (κ2) is 8.54. The summed E-state index contributed by atoms with van der Waals surface area (Å²) in [4.78, 5) is 18.0. The number of nitrogens with one attached hydrogen (secondary N) is 1. The van der Waals surface area contributed by atoms with Crippen molar-refractivity contribution in [2.24, 2.45) is 0 Å². The van der Waals surface area contributed by atoms with E-state index in [1.165, 1.54) is 11.3 Å². The Morgan fingerprint density at radius 1 is 1.11 bits per heavy atom. The van der Waals surface area contributed by atoms with Gasteiger partial charge < -0.3 is 14.8 Å². The van der Waals surface area contributed by atoms with Crippen molar-refractivity contribution in [1.82, 2.24) is 4.98 Å². The topological polar surface area (TPSA) is 60.5 Å². The maximum atomic E-state index is 12.4. The van der Waals surface area contributed by atoms with Gasteiger partial charge in [0.2, 0.25) is 5.91 Å². The number of aromatic nitrogens is 1. The first-order chi connectivity index (χ1) is 13.0. The fraction of sp³-hybridized carbons (Fsp3) is 0.200. The first kappa shape index (κ1) is 19.4. The molecule has 0 saturated heterocycles. The highest BCUT2D eigenvalue weighted by atomic mass is 79.9. The predicted molar refractivity (Wildman–Crippen MR) is 112 cm³/mol.